The molecule has 2 rings (SSSR count). The van der Waals surface area contributed by atoms with E-state index in [4.69, 9.17) is 0 Å². The minimum Gasteiger partial charge on any atom is -0.314 e. The molecule has 2 aliphatic carbocycles. The predicted octanol–water partition coefficient (Wildman–Crippen LogP) is 5.11. The topological polar surface area (TPSA) is 12.0 Å². The van der Waals surface area contributed by atoms with Gasteiger partial charge in [-0.3, -0.25) is 0 Å². The summed E-state index contributed by atoms with van der Waals surface area (Å²) in [5.41, 5.74) is 0. The zero-order chi connectivity index (χ0) is 14.7. The summed E-state index contributed by atoms with van der Waals surface area (Å²) < 4.78 is 0. The summed E-state index contributed by atoms with van der Waals surface area (Å²) in [5, 5.41) is 3.72. The van der Waals surface area contributed by atoms with E-state index < -0.39 is 0 Å². The van der Waals surface area contributed by atoms with E-state index in [2.05, 4.69) is 39.9 Å². The summed E-state index contributed by atoms with van der Waals surface area (Å²) in [6, 6.07) is 0.639. The van der Waals surface area contributed by atoms with Crippen molar-refractivity contribution in [3.8, 4) is 0 Å². The van der Waals surface area contributed by atoms with E-state index in [0.717, 1.165) is 35.5 Å². The van der Waals surface area contributed by atoms with Crippen LogP contribution in [0.2, 0.25) is 0 Å². The zero-order valence-electron chi connectivity index (χ0n) is 14.5. The van der Waals surface area contributed by atoms with Gasteiger partial charge in [0.15, 0.2) is 0 Å². The third-order valence-electron chi connectivity index (χ3n) is 6.34. The van der Waals surface area contributed by atoms with E-state index in [1.807, 2.05) is 0 Å². The van der Waals surface area contributed by atoms with E-state index in [9.17, 15) is 0 Å². The third kappa shape index (κ3) is 4.23. The van der Waals surface area contributed by atoms with Crippen LogP contribution in [-0.4, -0.2) is 12.6 Å². The Morgan fingerprint density at radius 2 is 1.65 bits per heavy atom. The number of hydrogen-bond donors (Lipinski definition) is 1. The summed E-state index contributed by atoms with van der Waals surface area (Å²) in [4.78, 5) is 0. The van der Waals surface area contributed by atoms with E-state index >= 15 is 0 Å². The highest BCUT2D eigenvalue weighted by molar-refractivity contribution is 4.88. The molecule has 0 aromatic carbocycles. The van der Waals surface area contributed by atoms with Gasteiger partial charge in [0.2, 0.25) is 0 Å². The number of nitrogens with one attached hydrogen (secondary N) is 1. The molecule has 6 atom stereocenters. The van der Waals surface area contributed by atoms with Gasteiger partial charge in [0.1, 0.15) is 0 Å². The minimum atomic E-state index is 0.639. The van der Waals surface area contributed by atoms with Crippen molar-refractivity contribution in [2.45, 2.75) is 79.2 Å². The Labute approximate surface area is 127 Å². The largest absolute Gasteiger partial charge is 0.314 e. The molecule has 0 spiro atoms. The van der Waals surface area contributed by atoms with Crippen LogP contribution in [-0.2, 0) is 0 Å². The fraction of sp³-hybridized carbons (Fsp3) is 1.00. The molecule has 2 fully saturated rings. The molecular weight excluding hydrogens is 242 g/mol. The Kier molecular flexibility index (Phi) is 5.95. The second kappa shape index (κ2) is 7.29. The Hall–Kier alpha value is -0.0400. The Bertz CT molecular complexity index is 285. The molecule has 0 aliphatic heterocycles. The maximum Gasteiger partial charge on any atom is 0.00104 e. The zero-order valence-corrected chi connectivity index (χ0v) is 14.5. The molecule has 0 amide bonds. The van der Waals surface area contributed by atoms with Crippen LogP contribution in [0.1, 0.15) is 73.1 Å². The highest BCUT2D eigenvalue weighted by Crippen LogP contribution is 2.45. The molecule has 0 bridgehead atoms. The van der Waals surface area contributed by atoms with E-state index in [-0.39, 0.29) is 0 Å². The van der Waals surface area contributed by atoms with Crippen molar-refractivity contribution in [3.63, 3.8) is 0 Å². The summed E-state index contributed by atoms with van der Waals surface area (Å²) in [5.74, 6) is 5.83. The lowest BCUT2D eigenvalue weighted by Gasteiger charge is -2.44. The maximum atomic E-state index is 3.72. The Morgan fingerprint density at radius 1 is 0.900 bits per heavy atom. The molecule has 1 N–H and O–H groups in total. The van der Waals surface area contributed by atoms with Crippen molar-refractivity contribution in [2.24, 2.45) is 35.5 Å². The van der Waals surface area contributed by atoms with Gasteiger partial charge in [-0.2, -0.15) is 0 Å². The van der Waals surface area contributed by atoms with Crippen molar-refractivity contribution in [1.29, 1.82) is 0 Å². The molecule has 2 saturated carbocycles. The molecule has 0 saturated heterocycles. The van der Waals surface area contributed by atoms with Crippen LogP contribution in [0.5, 0.6) is 0 Å². The highest BCUT2D eigenvalue weighted by atomic mass is 14.9. The summed E-state index contributed by atoms with van der Waals surface area (Å²) in [6.45, 7) is 13.3. The second-order valence-electron chi connectivity index (χ2n) is 8.43. The molecule has 0 aromatic rings. The monoisotopic (exact) mass is 279 g/mol. The van der Waals surface area contributed by atoms with Gasteiger partial charge in [0.05, 0.1) is 0 Å². The normalized spacial score (nSPS) is 42.9. The van der Waals surface area contributed by atoms with Crippen LogP contribution in [0.3, 0.4) is 0 Å². The van der Waals surface area contributed by atoms with Gasteiger partial charge in [-0.15, -0.1) is 0 Å². The fourth-order valence-corrected chi connectivity index (χ4v) is 4.68. The Balaban J connectivity index is 1.96. The molecule has 0 radical (unpaired) electrons. The number of rotatable bonds is 4. The van der Waals surface area contributed by atoms with Gasteiger partial charge >= 0.3 is 0 Å². The first kappa shape index (κ1) is 16.3. The van der Waals surface area contributed by atoms with Gasteiger partial charge in [-0.25, -0.2) is 0 Å². The maximum absolute atomic E-state index is 3.72. The first-order valence-corrected chi connectivity index (χ1v) is 9.20. The van der Waals surface area contributed by atoms with Crippen molar-refractivity contribution in [3.05, 3.63) is 0 Å². The van der Waals surface area contributed by atoms with Crippen molar-refractivity contribution in [2.75, 3.05) is 6.54 Å². The molecule has 2 aliphatic rings. The van der Waals surface area contributed by atoms with Crippen LogP contribution in [0.4, 0.5) is 0 Å². The average molecular weight is 280 g/mol. The van der Waals surface area contributed by atoms with Crippen molar-refractivity contribution in [1.82, 2.24) is 5.32 Å². The van der Waals surface area contributed by atoms with E-state index in [0.29, 0.717) is 6.04 Å². The molecule has 1 heteroatoms. The average Bonchev–Trinajstić information content (AvgIpc) is 2.40. The van der Waals surface area contributed by atoms with Gasteiger partial charge in [-0.05, 0) is 67.7 Å². The molecule has 20 heavy (non-hydrogen) atoms. The molecule has 118 valence electrons. The molecule has 1 nitrogen and oxygen atoms in total. The van der Waals surface area contributed by atoms with Crippen LogP contribution in [0.15, 0.2) is 0 Å². The smallest absolute Gasteiger partial charge is 0.00104 e. The molecular formula is C19H37N. The van der Waals surface area contributed by atoms with Crippen LogP contribution in [0, 0.1) is 35.5 Å². The quantitative estimate of drug-likeness (QED) is 0.754. The van der Waals surface area contributed by atoms with Crippen LogP contribution >= 0.6 is 0 Å². The highest BCUT2D eigenvalue weighted by Gasteiger charge is 2.37. The van der Waals surface area contributed by atoms with Gasteiger partial charge in [0.25, 0.3) is 0 Å². The number of hydrogen-bond acceptors (Lipinski definition) is 1. The first-order valence-electron chi connectivity index (χ1n) is 9.20. The summed E-state index contributed by atoms with van der Waals surface area (Å²) in [6.07, 6.45) is 8.89. The fourth-order valence-electron chi connectivity index (χ4n) is 4.68. The van der Waals surface area contributed by atoms with Gasteiger partial charge < -0.3 is 5.32 Å². The predicted molar refractivity (Wildman–Crippen MR) is 88.8 cm³/mol. The Morgan fingerprint density at radius 3 is 2.30 bits per heavy atom. The first-order chi connectivity index (χ1) is 9.47. The summed E-state index contributed by atoms with van der Waals surface area (Å²) >= 11 is 0. The molecule has 6 unspecified atom stereocenters. The lowest BCUT2D eigenvalue weighted by Crippen LogP contribution is -2.40. The molecule has 0 aromatic heterocycles. The van der Waals surface area contributed by atoms with Crippen molar-refractivity contribution < 1.29 is 0 Å². The summed E-state index contributed by atoms with van der Waals surface area (Å²) in [7, 11) is 0. The lowest BCUT2D eigenvalue weighted by atomic mass is 9.62. The lowest BCUT2D eigenvalue weighted by molar-refractivity contribution is 0.0695. The molecule has 0 heterocycles. The van der Waals surface area contributed by atoms with Crippen LogP contribution in [0.25, 0.3) is 0 Å². The van der Waals surface area contributed by atoms with Gasteiger partial charge in [-0.1, -0.05) is 47.5 Å². The van der Waals surface area contributed by atoms with E-state index in [1.165, 1.54) is 45.1 Å². The SMILES string of the molecule is CC1CCC(CNC(C)C)C(C2CCC(C)C(C)C2)C1. The van der Waals surface area contributed by atoms with Gasteiger partial charge in [0, 0.05) is 6.04 Å². The standard InChI is InChI=1S/C19H37N/c1-13(2)20-12-18-8-6-14(3)10-19(18)17-9-7-15(4)16(5)11-17/h13-20H,6-12H2,1-5H3. The third-order valence-corrected chi connectivity index (χ3v) is 6.34. The van der Waals surface area contributed by atoms with Crippen LogP contribution < -0.4 is 5.32 Å². The second-order valence-corrected chi connectivity index (χ2v) is 8.43. The minimum absolute atomic E-state index is 0.639. The van der Waals surface area contributed by atoms with Crippen molar-refractivity contribution >= 4 is 0 Å². The van der Waals surface area contributed by atoms with E-state index in [1.54, 1.807) is 0 Å².